The molecular formula is C17H22N2O9. The fourth-order valence-electron chi connectivity index (χ4n) is 2.28. The number of ether oxygens (including phenoxy) is 4. The zero-order valence-electron chi connectivity index (χ0n) is 16.1. The summed E-state index contributed by atoms with van der Waals surface area (Å²) < 4.78 is 20.4. The SMILES string of the molecule is CC(=O)OC[C@H](OC(C)=O)[C@@H](OC(C)=O)[C@H](OC(C)=O)c1cnc(C(C)=O)[nH]1. The number of nitrogens with one attached hydrogen (secondary N) is 1. The fourth-order valence-corrected chi connectivity index (χ4v) is 2.28. The number of Topliss-reactive ketones (excluding diaryl/α,β-unsaturated/α-hetero) is 1. The highest BCUT2D eigenvalue weighted by Gasteiger charge is 2.40. The number of carbonyl (C=O) groups is 5. The number of esters is 4. The van der Waals surface area contributed by atoms with Crippen LogP contribution in [0.25, 0.3) is 0 Å². The Hall–Kier alpha value is -3.24. The third kappa shape index (κ3) is 7.17. The number of H-pyrrole nitrogens is 1. The van der Waals surface area contributed by atoms with Gasteiger partial charge in [-0.3, -0.25) is 24.0 Å². The van der Waals surface area contributed by atoms with E-state index in [1.807, 2.05) is 0 Å². The van der Waals surface area contributed by atoms with Crippen molar-refractivity contribution >= 4 is 29.7 Å². The van der Waals surface area contributed by atoms with E-state index in [4.69, 9.17) is 18.9 Å². The Labute approximate surface area is 160 Å². The molecule has 1 aromatic rings. The van der Waals surface area contributed by atoms with Crippen molar-refractivity contribution < 1.29 is 42.9 Å². The normalized spacial score (nSPS) is 13.6. The number of aromatic amines is 1. The van der Waals surface area contributed by atoms with Gasteiger partial charge in [0.1, 0.15) is 6.61 Å². The number of hydrogen-bond acceptors (Lipinski definition) is 10. The average Bonchev–Trinajstić information content (AvgIpc) is 3.04. The maximum Gasteiger partial charge on any atom is 0.303 e. The van der Waals surface area contributed by atoms with E-state index in [2.05, 4.69) is 9.97 Å². The number of hydrogen-bond donors (Lipinski definition) is 1. The lowest BCUT2D eigenvalue weighted by Gasteiger charge is -2.31. The topological polar surface area (TPSA) is 151 Å². The molecule has 1 heterocycles. The molecule has 0 aromatic carbocycles. The Morgan fingerprint density at radius 2 is 1.46 bits per heavy atom. The predicted molar refractivity (Wildman–Crippen MR) is 90.8 cm³/mol. The summed E-state index contributed by atoms with van der Waals surface area (Å²) in [5.74, 6) is -3.32. The Balaban J connectivity index is 3.36. The van der Waals surface area contributed by atoms with Crippen molar-refractivity contribution in [3.05, 3.63) is 17.7 Å². The Morgan fingerprint density at radius 1 is 0.893 bits per heavy atom. The summed E-state index contributed by atoms with van der Waals surface area (Å²) in [6.07, 6.45) is -2.78. The van der Waals surface area contributed by atoms with E-state index in [0.29, 0.717) is 0 Å². The van der Waals surface area contributed by atoms with Crippen LogP contribution in [0.2, 0.25) is 0 Å². The van der Waals surface area contributed by atoms with Crippen LogP contribution < -0.4 is 0 Å². The molecule has 0 saturated heterocycles. The average molecular weight is 398 g/mol. The maximum absolute atomic E-state index is 11.6. The summed E-state index contributed by atoms with van der Waals surface area (Å²) in [7, 11) is 0. The number of carbonyl (C=O) groups excluding carboxylic acids is 5. The molecule has 0 spiro atoms. The molecule has 11 nitrogen and oxygen atoms in total. The van der Waals surface area contributed by atoms with Crippen LogP contribution in [0.3, 0.4) is 0 Å². The van der Waals surface area contributed by atoms with E-state index < -0.39 is 48.8 Å². The fraction of sp³-hybridized carbons (Fsp3) is 0.529. The van der Waals surface area contributed by atoms with Crippen LogP contribution in [0, 0.1) is 0 Å². The van der Waals surface area contributed by atoms with Crippen LogP contribution in [0.4, 0.5) is 0 Å². The number of imidazole rings is 1. The van der Waals surface area contributed by atoms with E-state index in [-0.39, 0.29) is 17.3 Å². The lowest BCUT2D eigenvalue weighted by atomic mass is 10.1. The lowest BCUT2D eigenvalue weighted by Crippen LogP contribution is -2.43. The second-order valence-electron chi connectivity index (χ2n) is 5.80. The van der Waals surface area contributed by atoms with Crippen molar-refractivity contribution in [2.75, 3.05) is 6.61 Å². The van der Waals surface area contributed by atoms with Gasteiger partial charge in [0.15, 0.2) is 29.9 Å². The van der Waals surface area contributed by atoms with Gasteiger partial charge in [-0.15, -0.1) is 0 Å². The highest BCUT2D eigenvalue weighted by atomic mass is 16.6. The van der Waals surface area contributed by atoms with Crippen molar-refractivity contribution in [1.82, 2.24) is 9.97 Å². The van der Waals surface area contributed by atoms with Crippen LogP contribution in [-0.2, 0) is 38.1 Å². The van der Waals surface area contributed by atoms with Crippen molar-refractivity contribution in [2.24, 2.45) is 0 Å². The highest BCUT2D eigenvalue weighted by Crippen LogP contribution is 2.27. The summed E-state index contributed by atoms with van der Waals surface area (Å²) >= 11 is 0. The van der Waals surface area contributed by atoms with Crippen molar-refractivity contribution in [2.45, 2.75) is 52.9 Å². The van der Waals surface area contributed by atoms with Crippen molar-refractivity contribution in [3.63, 3.8) is 0 Å². The highest BCUT2D eigenvalue weighted by molar-refractivity contribution is 5.90. The monoisotopic (exact) mass is 398 g/mol. The quantitative estimate of drug-likeness (QED) is 0.356. The number of rotatable bonds is 9. The Kier molecular flexibility index (Phi) is 8.29. The van der Waals surface area contributed by atoms with E-state index in [1.165, 1.54) is 13.1 Å². The molecule has 0 fully saturated rings. The second kappa shape index (κ2) is 10.2. The first kappa shape index (κ1) is 22.8. The summed E-state index contributed by atoms with van der Waals surface area (Å²) in [5.41, 5.74) is 0.117. The molecular weight excluding hydrogens is 376 g/mol. The van der Waals surface area contributed by atoms with Crippen LogP contribution in [0.5, 0.6) is 0 Å². The lowest BCUT2D eigenvalue weighted by molar-refractivity contribution is -0.190. The predicted octanol–water partition coefficient (Wildman–Crippen LogP) is 0.643. The first-order valence-corrected chi connectivity index (χ1v) is 8.22. The van der Waals surface area contributed by atoms with E-state index in [1.54, 1.807) is 0 Å². The molecule has 28 heavy (non-hydrogen) atoms. The van der Waals surface area contributed by atoms with Crippen LogP contribution in [0.1, 0.15) is 57.0 Å². The zero-order valence-corrected chi connectivity index (χ0v) is 16.1. The van der Waals surface area contributed by atoms with Gasteiger partial charge in [-0.2, -0.15) is 0 Å². The standard InChI is InChI=1S/C17H22N2O9/c1-8(20)17-18-6-13(19-17)15(27-11(4)23)16(28-12(5)24)14(26-10(3)22)7-25-9(2)21/h6,14-16H,7H2,1-5H3,(H,18,19)/t14-,15+,16+/m0/s1. The Bertz CT molecular complexity index is 756. The molecule has 154 valence electrons. The van der Waals surface area contributed by atoms with Gasteiger partial charge in [-0.1, -0.05) is 0 Å². The molecule has 0 bridgehead atoms. The summed E-state index contributed by atoms with van der Waals surface area (Å²) in [4.78, 5) is 63.9. The van der Waals surface area contributed by atoms with Gasteiger partial charge in [-0.25, -0.2) is 4.98 Å². The molecule has 0 radical (unpaired) electrons. The molecule has 0 aliphatic heterocycles. The molecule has 0 unspecified atom stereocenters. The third-order valence-electron chi connectivity index (χ3n) is 3.26. The molecule has 11 heteroatoms. The van der Waals surface area contributed by atoms with Gasteiger partial charge < -0.3 is 23.9 Å². The molecule has 1 aromatic heterocycles. The van der Waals surface area contributed by atoms with E-state index >= 15 is 0 Å². The van der Waals surface area contributed by atoms with Gasteiger partial charge in [0.25, 0.3) is 0 Å². The number of nitrogens with zero attached hydrogens (tertiary/aromatic N) is 1. The third-order valence-corrected chi connectivity index (χ3v) is 3.26. The van der Waals surface area contributed by atoms with Crippen molar-refractivity contribution in [1.29, 1.82) is 0 Å². The smallest absolute Gasteiger partial charge is 0.303 e. The maximum atomic E-state index is 11.6. The molecule has 3 atom stereocenters. The van der Waals surface area contributed by atoms with Gasteiger partial charge in [0.2, 0.25) is 0 Å². The molecule has 1 rings (SSSR count). The van der Waals surface area contributed by atoms with Crippen molar-refractivity contribution in [3.8, 4) is 0 Å². The number of ketones is 1. The molecule has 1 N–H and O–H groups in total. The first-order chi connectivity index (χ1) is 13.0. The summed E-state index contributed by atoms with van der Waals surface area (Å²) in [6, 6.07) is 0. The van der Waals surface area contributed by atoms with E-state index in [0.717, 1.165) is 27.7 Å². The number of aromatic nitrogens is 2. The van der Waals surface area contributed by atoms with Gasteiger partial charge in [0.05, 0.1) is 11.9 Å². The largest absolute Gasteiger partial charge is 0.462 e. The summed E-state index contributed by atoms with van der Waals surface area (Å²) in [6.45, 7) is 5.28. The van der Waals surface area contributed by atoms with Crippen LogP contribution in [0.15, 0.2) is 6.20 Å². The second-order valence-corrected chi connectivity index (χ2v) is 5.80. The minimum absolute atomic E-state index is 0.0160. The van der Waals surface area contributed by atoms with Crippen LogP contribution >= 0.6 is 0 Å². The molecule has 0 aliphatic carbocycles. The van der Waals surface area contributed by atoms with Gasteiger partial charge >= 0.3 is 23.9 Å². The Morgan fingerprint density at radius 3 is 1.89 bits per heavy atom. The van der Waals surface area contributed by atoms with Gasteiger partial charge in [-0.05, 0) is 0 Å². The summed E-state index contributed by atoms with van der Waals surface area (Å²) in [5, 5.41) is 0. The minimum atomic E-state index is -1.38. The zero-order chi connectivity index (χ0) is 21.4. The first-order valence-electron chi connectivity index (χ1n) is 8.22. The molecule has 0 amide bonds. The van der Waals surface area contributed by atoms with Gasteiger partial charge in [0, 0.05) is 34.6 Å². The van der Waals surface area contributed by atoms with E-state index in [9.17, 15) is 24.0 Å². The molecule has 0 saturated carbocycles. The molecule has 0 aliphatic rings. The minimum Gasteiger partial charge on any atom is -0.462 e. The van der Waals surface area contributed by atoms with Crippen LogP contribution in [-0.4, -0.2) is 58.4 Å².